The van der Waals surface area contributed by atoms with Crippen molar-refractivity contribution in [2.24, 2.45) is 0 Å². The second-order valence-electron chi connectivity index (χ2n) is 4.75. The quantitative estimate of drug-likeness (QED) is 0.807. The predicted octanol–water partition coefficient (Wildman–Crippen LogP) is 2.27. The summed E-state index contributed by atoms with van der Waals surface area (Å²) in [4.78, 5) is 27.9. The third-order valence-electron chi connectivity index (χ3n) is 3.25. The summed E-state index contributed by atoms with van der Waals surface area (Å²) in [7, 11) is 2.82. The number of aryl methyl sites for hydroxylation is 1. The molecule has 6 nitrogen and oxygen atoms in total. The predicted molar refractivity (Wildman–Crippen MR) is 79.9 cm³/mol. The molecule has 0 aliphatic carbocycles. The molecule has 2 aromatic rings. The number of hydrogen-bond acceptors (Lipinski definition) is 6. The van der Waals surface area contributed by atoms with E-state index in [9.17, 15) is 9.59 Å². The number of pyridine rings is 1. The summed E-state index contributed by atoms with van der Waals surface area (Å²) in [6, 6.07) is 7.06. The molecule has 0 aliphatic heterocycles. The van der Waals surface area contributed by atoms with Crippen molar-refractivity contribution in [1.82, 2.24) is 4.98 Å². The van der Waals surface area contributed by atoms with Crippen LogP contribution in [0.1, 0.15) is 23.0 Å². The van der Waals surface area contributed by atoms with Crippen LogP contribution in [-0.4, -0.2) is 37.2 Å². The number of methoxy groups -OCH3 is 2. The summed E-state index contributed by atoms with van der Waals surface area (Å²) in [5, 5.41) is 0.782. The van der Waals surface area contributed by atoms with Crippen LogP contribution in [0.15, 0.2) is 24.3 Å². The van der Waals surface area contributed by atoms with Gasteiger partial charge < -0.3 is 14.2 Å². The minimum atomic E-state index is -0.969. The van der Waals surface area contributed by atoms with Gasteiger partial charge in [-0.05, 0) is 32.0 Å². The SMILES string of the molecule is COC(=O)C(C)OC(=O)c1cc2ccc(OC)cc2nc1C. The molecular formula is C16H17NO5. The van der Waals surface area contributed by atoms with E-state index in [0.29, 0.717) is 17.0 Å². The van der Waals surface area contributed by atoms with Gasteiger partial charge in [0.2, 0.25) is 0 Å². The summed E-state index contributed by atoms with van der Waals surface area (Å²) in [6.45, 7) is 3.16. The van der Waals surface area contributed by atoms with E-state index in [1.807, 2.05) is 0 Å². The summed E-state index contributed by atoms with van der Waals surface area (Å²) < 4.78 is 14.8. The van der Waals surface area contributed by atoms with Crippen molar-refractivity contribution in [1.29, 1.82) is 0 Å². The van der Waals surface area contributed by atoms with Gasteiger partial charge in [-0.15, -0.1) is 0 Å². The van der Waals surface area contributed by atoms with Crippen molar-refractivity contribution < 1.29 is 23.8 Å². The lowest BCUT2D eigenvalue weighted by Crippen LogP contribution is -2.25. The van der Waals surface area contributed by atoms with Crippen LogP contribution in [0.25, 0.3) is 10.9 Å². The van der Waals surface area contributed by atoms with E-state index < -0.39 is 18.0 Å². The Morgan fingerprint density at radius 3 is 2.55 bits per heavy atom. The van der Waals surface area contributed by atoms with Gasteiger partial charge in [0.05, 0.1) is 31.0 Å². The molecule has 6 heteroatoms. The largest absolute Gasteiger partial charge is 0.497 e. The average Bonchev–Trinajstić information content (AvgIpc) is 2.52. The molecule has 0 N–H and O–H groups in total. The van der Waals surface area contributed by atoms with E-state index in [2.05, 4.69) is 9.72 Å². The number of rotatable bonds is 4. The third-order valence-corrected chi connectivity index (χ3v) is 3.25. The highest BCUT2D eigenvalue weighted by atomic mass is 16.6. The molecule has 1 aromatic heterocycles. The molecule has 1 heterocycles. The van der Waals surface area contributed by atoms with E-state index >= 15 is 0 Å². The lowest BCUT2D eigenvalue weighted by molar-refractivity contribution is -0.149. The Morgan fingerprint density at radius 1 is 1.18 bits per heavy atom. The van der Waals surface area contributed by atoms with Gasteiger partial charge in [0.15, 0.2) is 6.10 Å². The zero-order valence-corrected chi connectivity index (χ0v) is 12.9. The molecule has 0 radical (unpaired) electrons. The molecule has 1 aromatic carbocycles. The highest BCUT2D eigenvalue weighted by Gasteiger charge is 2.21. The van der Waals surface area contributed by atoms with Gasteiger partial charge in [0.25, 0.3) is 0 Å². The first-order valence-electron chi connectivity index (χ1n) is 6.70. The number of ether oxygens (including phenoxy) is 3. The first kappa shape index (κ1) is 15.8. The highest BCUT2D eigenvalue weighted by molar-refractivity contribution is 5.96. The zero-order valence-electron chi connectivity index (χ0n) is 12.9. The number of benzene rings is 1. The molecule has 0 amide bonds. The number of esters is 2. The molecule has 0 saturated carbocycles. The second-order valence-corrected chi connectivity index (χ2v) is 4.75. The number of hydrogen-bond donors (Lipinski definition) is 0. The van der Waals surface area contributed by atoms with Crippen LogP contribution in [0.5, 0.6) is 5.75 Å². The molecular weight excluding hydrogens is 286 g/mol. The molecule has 0 spiro atoms. The fourth-order valence-corrected chi connectivity index (χ4v) is 2.01. The Hall–Kier alpha value is -2.63. The molecule has 116 valence electrons. The smallest absolute Gasteiger partial charge is 0.346 e. The van der Waals surface area contributed by atoms with Gasteiger partial charge in [-0.3, -0.25) is 4.98 Å². The van der Waals surface area contributed by atoms with Crippen LogP contribution >= 0.6 is 0 Å². The summed E-state index contributed by atoms with van der Waals surface area (Å²) >= 11 is 0. The molecule has 1 atom stereocenters. The van der Waals surface area contributed by atoms with Crippen LogP contribution < -0.4 is 4.74 Å². The summed E-state index contributed by atoms with van der Waals surface area (Å²) in [5.74, 6) is -0.529. The van der Waals surface area contributed by atoms with E-state index in [0.717, 1.165) is 10.9 Å². The lowest BCUT2D eigenvalue weighted by atomic mass is 10.1. The summed E-state index contributed by atoms with van der Waals surface area (Å²) in [6.07, 6.45) is -0.969. The maximum Gasteiger partial charge on any atom is 0.346 e. The average molecular weight is 303 g/mol. The molecule has 0 saturated heterocycles. The number of carbonyl (C=O) groups is 2. The Kier molecular flexibility index (Phi) is 4.60. The normalized spacial score (nSPS) is 11.8. The topological polar surface area (TPSA) is 74.7 Å². The standard InChI is InChI=1S/C16H17NO5/c1-9-13(16(19)22-10(2)15(18)21-4)7-11-5-6-12(20-3)8-14(11)17-9/h5-8,10H,1-4H3. The first-order valence-corrected chi connectivity index (χ1v) is 6.70. The second kappa shape index (κ2) is 6.43. The van der Waals surface area contributed by atoms with E-state index in [1.165, 1.54) is 14.0 Å². The number of nitrogens with zero attached hydrogens (tertiary/aromatic N) is 1. The minimum Gasteiger partial charge on any atom is -0.497 e. The van der Waals surface area contributed by atoms with Crippen LogP contribution in [0.2, 0.25) is 0 Å². The van der Waals surface area contributed by atoms with E-state index in [4.69, 9.17) is 9.47 Å². The van der Waals surface area contributed by atoms with Crippen molar-refractivity contribution in [3.63, 3.8) is 0 Å². The fourth-order valence-electron chi connectivity index (χ4n) is 2.01. The maximum atomic E-state index is 12.2. The summed E-state index contributed by atoms with van der Waals surface area (Å²) in [5.41, 5.74) is 1.55. The Labute approximate surface area is 128 Å². The molecule has 2 rings (SSSR count). The Morgan fingerprint density at radius 2 is 1.91 bits per heavy atom. The Bertz CT molecular complexity index is 726. The minimum absolute atomic E-state index is 0.313. The van der Waals surface area contributed by atoms with Crippen molar-refractivity contribution in [2.45, 2.75) is 20.0 Å². The van der Waals surface area contributed by atoms with Crippen molar-refractivity contribution in [2.75, 3.05) is 14.2 Å². The van der Waals surface area contributed by atoms with Gasteiger partial charge in [0.1, 0.15) is 5.75 Å². The molecule has 1 unspecified atom stereocenters. The van der Waals surface area contributed by atoms with E-state index in [-0.39, 0.29) is 0 Å². The number of fused-ring (bicyclic) bond motifs is 1. The third kappa shape index (κ3) is 3.16. The first-order chi connectivity index (χ1) is 10.5. The van der Waals surface area contributed by atoms with Crippen LogP contribution in [0, 0.1) is 6.92 Å². The monoisotopic (exact) mass is 303 g/mol. The van der Waals surface area contributed by atoms with Gasteiger partial charge in [-0.25, -0.2) is 9.59 Å². The van der Waals surface area contributed by atoms with E-state index in [1.54, 1.807) is 38.3 Å². The van der Waals surface area contributed by atoms with Crippen molar-refractivity contribution in [3.05, 3.63) is 35.5 Å². The number of aromatic nitrogens is 1. The zero-order chi connectivity index (χ0) is 16.3. The maximum absolute atomic E-state index is 12.2. The molecule has 22 heavy (non-hydrogen) atoms. The van der Waals surface area contributed by atoms with Crippen molar-refractivity contribution >= 4 is 22.8 Å². The molecule has 0 bridgehead atoms. The molecule has 0 aliphatic rings. The highest BCUT2D eigenvalue weighted by Crippen LogP contribution is 2.22. The lowest BCUT2D eigenvalue weighted by Gasteiger charge is -2.12. The van der Waals surface area contributed by atoms with Crippen LogP contribution in [0.4, 0.5) is 0 Å². The van der Waals surface area contributed by atoms with Crippen LogP contribution in [0.3, 0.4) is 0 Å². The van der Waals surface area contributed by atoms with Gasteiger partial charge in [0, 0.05) is 11.5 Å². The van der Waals surface area contributed by atoms with Gasteiger partial charge in [-0.1, -0.05) is 0 Å². The number of carbonyl (C=O) groups excluding carboxylic acids is 2. The van der Waals surface area contributed by atoms with Crippen LogP contribution in [-0.2, 0) is 14.3 Å². The Balaban J connectivity index is 2.33. The van der Waals surface area contributed by atoms with Gasteiger partial charge >= 0.3 is 11.9 Å². The van der Waals surface area contributed by atoms with Gasteiger partial charge in [-0.2, -0.15) is 0 Å². The van der Waals surface area contributed by atoms with Crippen molar-refractivity contribution in [3.8, 4) is 5.75 Å². The molecule has 0 fully saturated rings. The fraction of sp³-hybridized carbons (Fsp3) is 0.312.